The molecule has 0 aliphatic heterocycles. The fourth-order valence-corrected chi connectivity index (χ4v) is 2.85. The molecule has 0 saturated carbocycles. The fraction of sp³-hybridized carbons (Fsp3) is 0.200. The molecular weight excluding hydrogens is 392 g/mol. The Bertz CT molecular complexity index is 1010. The number of ether oxygens (including phenoxy) is 2. The molecule has 0 unspecified atom stereocenters. The lowest BCUT2D eigenvalue weighted by Gasteiger charge is -2.13. The summed E-state index contributed by atoms with van der Waals surface area (Å²) in [5.74, 6) is 1.70. The van der Waals surface area contributed by atoms with Gasteiger partial charge in [0.25, 0.3) is 5.91 Å². The van der Waals surface area contributed by atoms with E-state index in [1.165, 1.54) is 0 Å². The molecule has 2 amide bonds. The minimum atomic E-state index is -0.244. The number of para-hydroxylation sites is 2. The molecule has 0 bridgehead atoms. The summed E-state index contributed by atoms with van der Waals surface area (Å²) in [6, 6.07) is 21.7. The minimum Gasteiger partial charge on any atom is -0.494 e. The Labute approximate surface area is 182 Å². The molecule has 3 aromatic rings. The quantitative estimate of drug-likeness (QED) is 0.503. The molecule has 0 saturated heterocycles. The normalized spacial score (nSPS) is 10.3. The number of carbonyl (C=O) groups excluding carboxylic acids is 2. The van der Waals surface area contributed by atoms with Crippen molar-refractivity contribution in [3.8, 4) is 17.2 Å². The van der Waals surface area contributed by atoms with Crippen LogP contribution in [0, 0.1) is 0 Å². The second kappa shape index (κ2) is 10.8. The Kier molecular flexibility index (Phi) is 7.65. The molecule has 0 radical (unpaired) electrons. The van der Waals surface area contributed by atoms with Crippen molar-refractivity contribution in [3.63, 3.8) is 0 Å². The Morgan fingerprint density at radius 1 is 0.839 bits per heavy atom. The number of rotatable bonds is 9. The van der Waals surface area contributed by atoms with E-state index in [0.717, 1.165) is 11.3 Å². The van der Waals surface area contributed by atoms with Crippen molar-refractivity contribution in [2.45, 2.75) is 26.8 Å². The topological polar surface area (TPSA) is 76.7 Å². The molecule has 0 spiro atoms. The van der Waals surface area contributed by atoms with E-state index in [9.17, 15) is 9.59 Å². The molecule has 6 nitrogen and oxygen atoms in total. The van der Waals surface area contributed by atoms with Gasteiger partial charge in [0, 0.05) is 18.5 Å². The van der Waals surface area contributed by atoms with E-state index >= 15 is 0 Å². The monoisotopic (exact) mass is 418 g/mol. The summed E-state index contributed by atoms with van der Waals surface area (Å²) >= 11 is 0. The molecule has 0 aliphatic rings. The van der Waals surface area contributed by atoms with Crippen molar-refractivity contribution in [3.05, 3.63) is 83.9 Å². The van der Waals surface area contributed by atoms with E-state index < -0.39 is 0 Å². The van der Waals surface area contributed by atoms with Gasteiger partial charge in [-0.1, -0.05) is 31.2 Å². The van der Waals surface area contributed by atoms with Crippen molar-refractivity contribution < 1.29 is 19.1 Å². The Morgan fingerprint density at radius 3 is 2.19 bits per heavy atom. The van der Waals surface area contributed by atoms with E-state index in [0.29, 0.717) is 42.3 Å². The molecule has 6 heteroatoms. The van der Waals surface area contributed by atoms with Gasteiger partial charge in [0.15, 0.2) is 5.75 Å². The molecule has 0 aromatic heterocycles. The second-order valence-electron chi connectivity index (χ2n) is 6.78. The van der Waals surface area contributed by atoms with Crippen LogP contribution in [-0.2, 0) is 11.3 Å². The highest BCUT2D eigenvalue weighted by molar-refractivity contribution is 6.05. The van der Waals surface area contributed by atoms with E-state index in [1.807, 2.05) is 55.5 Å². The van der Waals surface area contributed by atoms with Crippen LogP contribution in [0.4, 0.5) is 5.69 Å². The first-order valence-corrected chi connectivity index (χ1v) is 10.3. The smallest absolute Gasteiger partial charge is 0.255 e. The molecular formula is C25H26N2O4. The molecule has 2 N–H and O–H groups in total. The molecule has 0 heterocycles. The number of nitrogens with one attached hydrogen (secondary N) is 2. The minimum absolute atomic E-state index is 0.00837. The van der Waals surface area contributed by atoms with Crippen LogP contribution < -0.4 is 20.1 Å². The lowest BCUT2D eigenvalue weighted by atomic mass is 10.1. The summed E-state index contributed by atoms with van der Waals surface area (Å²) in [5, 5.41) is 5.71. The van der Waals surface area contributed by atoms with Gasteiger partial charge in [-0.05, 0) is 61.0 Å². The summed E-state index contributed by atoms with van der Waals surface area (Å²) < 4.78 is 11.4. The molecule has 0 atom stereocenters. The lowest BCUT2D eigenvalue weighted by molar-refractivity contribution is -0.120. The second-order valence-corrected chi connectivity index (χ2v) is 6.78. The number of hydrogen-bond acceptors (Lipinski definition) is 4. The van der Waals surface area contributed by atoms with Crippen LogP contribution in [0.15, 0.2) is 72.8 Å². The summed E-state index contributed by atoms with van der Waals surface area (Å²) in [6.45, 7) is 4.78. The zero-order chi connectivity index (χ0) is 22.1. The number of hydrogen-bond donors (Lipinski definition) is 2. The third-order valence-electron chi connectivity index (χ3n) is 4.52. The maximum absolute atomic E-state index is 12.7. The molecule has 0 fully saturated rings. The SMILES string of the molecule is CCOc1ccc(Oc2ccccc2NC(=O)c2ccc(CNC(=O)CC)cc2)cc1. The van der Waals surface area contributed by atoms with Gasteiger partial charge in [-0.3, -0.25) is 9.59 Å². The highest BCUT2D eigenvalue weighted by atomic mass is 16.5. The van der Waals surface area contributed by atoms with Crippen LogP contribution in [0.3, 0.4) is 0 Å². The molecule has 160 valence electrons. The standard InChI is InChI=1S/C25H26N2O4/c1-3-24(28)26-17-18-9-11-19(12-10-18)25(29)27-22-7-5-6-8-23(22)31-21-15-13-20(14-16-21)30-4-2/h5-16H,3-4,17H2,1-2H3,(H,26,28)(H,27,29). The Balaban J connectivity index is 1.66. The number of anilines is 1. The molecule has 3 rings (SSSR count). The maximum Gasteiger partial charge on any atom is 0.255 e. The summed E-state index contributed by atoms with van der Waals surface area (Å²) in [6.07, 6.45) is 0.443. The summed E-state index contributed by atoms with van der Waals surface area (Å²) in [5.41, 5.74) is 2.01. The van der Waals surface area contributed by atoms with E-state index in [4.69, 9.17) is 9.47 Å². The summed E-state index contributed by atoms with van der Waals surface area (Å²) in [4.78, 5) is 24.1. The molecule has 0 aliphatic carbocycles. The fourth-order valence-electron chi connectivity index (χ4n) is 2.85. The summed E-state index contributed by atoms with van der Waals surface area (Å²) in [7, 11) is 0. The van der Waals surface area contributed by atoms with Crippen LogP contribution in [0.25, 0.3) is 0 Å². The predicted octanol–water partition coefficient (Wildman–Crippen LogP) is 5.16. The highest BCUT2D eigenvalue weighted by Gasteiger charge is 2.11. The Hall–Kier alpha value is -3.80. The largest absolute Gasteiger partial charge is 0.494 e. The van der Waals surface area contributed by atoms with E-state index in [1.54, 1.807) is 31.2 Å². The Morgan fingerprint density at radius 2 is 1.52 bits per heavy atom. The van der Waals surface area contributed by atoms with Crippen LogP contribution in [0.1, 0.15) is 36.2 Å². The first-order valence-electron chi connectivity index (χ1n) is 10.3. The highest BCUT2D eigenvalue weighted by Crippen LogP contribution is 2.30. The first-order chi connectivity index (χ1) is 15.1. The van der Waals surface area contributed by atoms with Crippen molar-refractivity contribution in [2.75, 3.05) is 11.9 Å². The van der Waals surface area contributed by atoms with Crippen molar-refractivity contribution in [2.24, 2.45) is 0 Å². The average molecular weight is 418 g/mol. The third kappa shape index (κ3) is 6.34. The molecule has 3 aromatic carbocycles. The molecule has 31 heavy (non-hydrogen) atoms. The number of amides is 2. The average Bonchev–Trinajstić information content (AvgIpc) is 2.80. The van der Waals surface area contributed by atoms with Gasteiger partial charge in [0.05, 0.1) is 12.3 Å². The van der Waals surface area contributed by atoms with Crippen molar-refractivity contribution >= 4 is 17.5 Å². The van der Waals surface area contributed by atoms with Crippen LogP contribution in [0.2, 0.25) is 0 Å². The van der Waals surface area contributed by atoms with Crippen LogP contribution >= 0.6 is 0 Å². The van der Waals surface area contributed by atoms with Crippen LogP contribution in [-0.4, -0.2) is 18.4 Å². The zero-order valence-electron chi connectivity index (χ0n) is 17.7. The van der Waals surface area contributed by atoms with Gasteiger partial charge >= 0.3 is 0 Å². The number of benzene rings is 3. The van der Waals surface area contributed by atoms with Crippen molar-refractivity contribution in [1.29, 1.82) is 0 Å². The maximum atomic E-state index is 12.7. The zero-order valence-corrected chi connectivity index (χ0v) is 17.7. The van der Waals surface area contributed by atoms with Gasteiger partial charge in [-0.2, -0.15) is 0 Å². The van der Waals surface area contributed by atoms with E-state index in [2.05, 4.69) is 10.6 Å². The first kappa shape index (κ1) is 21.9. The van der Waals surface area contributed by atoms with Gasteiger partial charge in [-0.25, -0.2) is 0 Å². The third-order valence-corrected chi connectivity index (χ3v) is 4.52. The predicted molar refractivity (Wildman–Crippen MR) is 121 cm³/mol. The van der Waals surface area contributed by atoms with Gasteiger partial charge in [0.1, 0.15) is 11.5 Å². The lowest BCUT2D eigenvalue weighted by Crippen LogP contribution is -2.21. The van der Waals surface area contributed by atoms with E-state index in [-0.39, 0.29) is 11.8 Å². The van der Waals surface area contributed by atoms with Gasteiger partial charge in [-0.15, -0.1) is 0 Å². The van der Waals surface area contributed by atoms with Gasteiger partial charge < -0.3 is 20.1 Å². The number of carbonyl (C=O) groups is 2. The van der Waals surface area contributed by atoms with Crippen molar-refractivity contribution in [1.82, 2.24) is 5.32 Å². The van der Waals surface area contributed by atoms with Crippen LogP contribution in [0.5, 0.6) is 17.2 Å². The van der Waals surface area contributed by atoms with Gasteiger partial charge in [0.2, 0.25) is 5.91 Å².